The van der Waals surface area contributed by atoms with Crippen LogP contribution in [-0.4, -0.2) is 15.0 Å². The van der Waals surface area contributed by atoms with E-state index in [0.717, 1.165) is 22.5 Å². The van der Waals surface area contributed by atoms with Crippen molar-refractivity contribution in [2.75, 3.05) is 7.11 Å². The number of rotatable bonds is 4. The molecular formula is C14H15BO2. The molecule has 0 spiro atoms. The van der Waals surface area contributed by atoms with E-state index in [4.69, 9.17) is 9.47 Å². The van der Waals surface area contributed by atoms with Crippen LogP contribution >= 0.6 is 0 Å². The second-order valence-corrected chi connectivity index (χ2v) is 3.93. The summed E-state index contributed by atoms with van der Waals surface area (Å²) < 4.78 is 11.0. The van der Waals surface area contributed by atoms with Gasteiger partial charge in [0.15, 0.2) is 11.5 Å². The van der Waals surface area contributed by atoms with Gasteiger partial charge in [-0.2, -0.15) is 0 Å². The van der Waals surface area contributed by atoms with Gasteiger partial charge in [-0.25, -0.2) is 0 Å². The van der Waals surface area contributed by atoms with Crippen molar-refractivity contribution in [3.63, 3.8) is 0 Å². The van der Waals surface area contributed by atoms with E-state index in [9.17, 15) is 0 Å². The van der Waals surface area contributed by atoms with Crippen LogP contribution in [0.1, 0.15) is 5.56 Å². The summed E-state index contributed by atoms with van der Waals surface area (Å²) in [6.45, 7) is 0.556. The van der Waals surface area contributed by atoms with Gasteiger partial charge in [-0.15, -0.1) is 0 Å². The van der Waals surface area contributed by atoms with Crippen LogP contribution in [0, 0.1) is 0 Å². The third kappa shape index (κ3) is 3.03. The second kappa shape index (κ2) is 5.44. The SMILES string of the molecule is Bc1ccc(OCc2ccccc2)c(OC)c1. The van der Waals surface area contributed by atoms with Crippen LogP contribution in [0.15, 0.2) is 48.5 Å². The summed E-state index contributed by atoms with van der Waals surface area (Å²) in [5.41, 5.74) is 2.31. The van der Waals surface area contributed by atoms with Crippen LogP contribution in [0.5, 0.6) is 11.5 Å². The Morgan fingerprint density at radius 1 is 1.00 bits per heavy atom. The molecule has 0 aromatic heterocycles. The Labute approximate surface area is 103 Å². The van der Waals surface area contributed by atoms with Crippen molar-refractivity contribution in [2.45, 2.75) is 6.61 Å². The lowest BCUT2D eigenvalue weighted by atomic mass is 9.96. The van der Waals surface area contributed by atoms with Gasteiger partial charge in [-0.1, -0.05) is 41.9 Å². The maximum Gasteiger partial charge on any atom is 0.161 e. The molecule has 0 N–H and O–H groups in total. The number of hydrogen-bond acceptors (Lipinski definition) is 2. The summed E-state index contributed by atoms with van der Waals surface area (Å²) in [5, 5.41) is 0. The van der Waals surface area contributed by atoms with Crippen molar-refractivity contribution < 1.29 is 9.47 Å². The highest BCUT2D eigenvalue weighted by molar-refractivity contribution is 6.32. The molecule has 2 aromatic rings. The lowest BCUT2D eigenvalue weighted by Crippen LogP contribution is -2.04. The molecule has 0 radical (unpaired) electrons. The van der Waals surface area contributed by atoms with Crippen LogP contribution in [0.3, 0.4) is 0 Å². The molecule has 0 aliphatic carbocycles. The first-order valence-corrected chi connectivity index (χ1v) is 5.61. The van der Waals surface area contributed by atoms with Gasteiger partial charge in [0.25, 0.3) is 0 Å². The standard InChI is InChI=1S/C14H15BO2/c1-16-14-9-12(15)7-8-13(14)17-10-11-5-3-2-4-6-11/h2-9H,10,15H2,1H3. The Morgan fingerprint density at radius 2 is 1.76 bits per heavy atom. The molecule has 2 rings (SSSR count). The highest BCUT2D eigenvalue weighted by atomic mass is 16.5. The van der Waals surface area contributed by atoms with Gasteiger partial charge in [-0.05, 0) is 17.7 Å². The molecule has 17 heavy (non-hydrogen) atoms. The quantitative estimate of drug-likeness (QED) is 0.736. The van der Waals surface area contributed by atoms with E-state index in [1.807, 2.05) is 56.4 Å². The third-order valence-electron chi connectivity index (χ3n) is 2.56. The van der Waals surface area contributed by atoms with E-state index in [1.54, 1.807) is 7.11 Å². The Morgan fingerprint density at radius 3 is 2.47 bits per heavy atom. The monoisotopic (exact) mass is 226 g/mol. The van der Waals surface area contributed by atoms with Gasteiger partial charge < -0.3 is 9.47 Å². The molecule has 86 valence electrons. The number of hydrogen-bond donors (Lipinski definition) is 0. The Kier molecular flexibility index (Phi) is 3.71. The Balaban J connectivity index is 2.09. The van der Waals surface area contributed by atoms with Crippen LogP contribution in [0.2, 0.25) is 0 Å². The molecule has 0 bridgehead atoms. The van der Waals surface area contributed by atoms with Crippen molar-refractivity contribution in [1.82, 2.24) is 0 Å². The zero-order valence-electron chi connectivity index (χ0n) is 10.1. The summed E-state index contributed by atoms with van der Waals surface area (Å²) in [6, 6.07) is 16.0. The Hall–Kier alpha value is -1.90. The summed E-state index contributed by atoms with van der Waals surface area (Å²) in [6.07, 6.45) is 0. The molecule has 0 fully saturated rings. The Bertz CT molecular complexity index is 483. The second-order valence-electron chi connectivity index (χ2n) is 3.93. The molecule has 3 heteroatoms. The molecule has 0 amide bonds. The van der Waals surface area contributed by atoms with E-state index >= 15 is 0 Å². The normalized spacial score (nSPS) is 9.94. The van der Waals surface area contributed by atoms with Gasteiger partial charge in [0.2, 0.25) is 0 Å². The average Bonchev–Trinajstić information content (AvgIpc) is 2.38. The molecule has 0 aliphatic heterocycles. The van der Waals surface area contributed by atoms with Gasteiger partial charge in [0.1, 0.15) is 14.5 Å². The summed E-state index contributed by atoms with van der Waals surface area (Å²) in [4.78, 5) is 0. The third-order valence-corrected chi connectivity index (χ3v) is 2.56. The zero-order valence-corrected chi connectivity index (χ0v) is 10.1. The first-order chi connectivity index (χ1) is 8.29. The molecular weight excluding hydrogens is 211 g/mol. The van der Waals surface area contributed by atoms with Gasteiger partial charge in [-0.3, -0.25) is 0 Å². The van der Waals surface area contributed by atoms with Crippen LogP contribution in [0.4, 0.5) is 0 Å². The highest BCUT2D eigenvalue weighted by Crippen LogP contribution is 2.25. The molecule has 0 atom stereocenters. The van der Waals surface area contributed by atoms with Crippen LogP contribution in [-0.2, 0) is 6.61 Å². The van der Waals surface area contributed by atoms with Crippen LogP contribution < -0.4 is 14.9 Å². The highest BCUT2D eigenvalue weighted by Gasteiger charge is 2.04. The maximum absolute atomic E-state index is 5.74. The minimum Gasteiger partial charge on any atom is -0.493 e. The fraction of sp³-hybridized carbons (Fsp3) is 0.143. The lowest BCUT2D eigenvalue weighted by molar-refractivity contribution is 0.284. The van der Waals surface area contributed by atoms with Crippen molar-refractivity contribution in [3.05, 3.63) is 54.1 Å². The van der Waals surface area contributed by atoms with Gasteiger partial charge >= 0.3 is 0 Å². The molecule has 0 heterocycles. The summed E-state index contributed by atoms with van der Waals surface area (Å²) in [5.74, 6) is 1.56. The predicted molar refractivity (Wildman–Crippen MR) is 71.9 cm³/mol. The molecule has 0 unspecified atom stereocenters. The fourth-order valence-corrected chi connectivity index (χ4v) is 1.63. The topological polar surface area (TPSA) is 18.5 Å². The van der Waals surface area contributed by atoms with Gasteiger partial charge in [0, 0.05) is 0 Å². The number of ether oxygens (including phenoxy) is 2. The van der Waals surface area contributed by atoms with Crippen molar-refractivity contribution >= 4 is 13.3 Å². The summed E-state index contributed by atoms with van der Waals surface area (Å²) in [7, 11) is 3.69. The molecule has 0 saturated carbocycles. The van der Waals surface area contributed by atoms with E-state index in [1.165, 1.54) is 0 Å². The van der Waals surface area contributed by atoms with Crippen molar-refractivity contribution in [1.29, 1.82) is 0 Å². The fourth-order valence-electron chi connectivity index (χ4n) is 1.63. The first-order valence-electron chi connectivity index (χ1n) is 5.61. The first kappa shape index (κ1) is 11.6. The molecule has 2 nitrogen and oxygen atoms in total. The number of benzene rings is 2. The van der Waals surface area contributed by atoms with Crippen LogP contribution in [0.25, 0.3) is 0 Å². The minimum atomic E-state index is 0.556. The molecule has 0 saturated heterocycles. The number of methoxy groups -OCH3 is 1. The van der Waals surface area contributed by atoms with Crippen molar-refractivity contribution in [2.24, 2.45) is 0 Å². The lowest BCUT2D eigenvalue weighted by Gasteiger charge is -2.11. The van der Waals surface area contributed by atoms with Crippen molar-refractivity contribution in [3.8, 4) is 11.5 Å². The van der Waals surface area contributed by atoms with E-state index in [-0.39, 0.29) is 0 Å². The largest absolute Gasteiger partial charge is 0.493 e. The zero-order chi connectivity index (χ0) is 12.1. The van der Waals surface area contributed by atoms with E-state index < -0.39 is 0 Å². The molecule has 0 aliphatic rings. The van der Waals surface area contributed by atoms with E-state index in [0.29, 0.717) is 6.61 Å². The van der Waals surface area contributed by atoms with Gasteiger partial charge in [0.05, 0.1) is 7.11 Å². The molecule has 2 aromatic carbocycles. The predicted octanol–water partition coefficient (Wildman–Crippen LogP) is 1.53. The smallest absolute Gasteiger partial charge is 0.161 e. The van der Waals surface area contributed by atoms with E-state index in [2.05, 4.69) is 0 Å². The summed E-state index contributed by atoms with van der Waals surface area (Å²) >= 11 is 0. The maximum atomic E-state index is 5.74. The minimum absolute atomic E-state index is 0.556. The average molecular weight is 226 g/mol.